The summed E-state index contributed by atoms with van der Waals surface area (Å²) in [6.45, 7) is 8.21. The van der Waals surface area contributed by atoms with E-state index in [4.69, 9.17) is 18.7 Å². The Bertz CT molecular complexity index is 983. The van der Waals surface area contributed by atoms with Gasteiger partial charge in [0, 0.05) is 31.0 Å². The van der Waals surface area contributed by atoms with Gasteiger partial charge >= 0.3 is 6.09 Å². The Kier molecular flexibility index (Phi) is 7.38. The third-order valence-electron chi connectivity index (χ3n) is 6.93. The minimum Gasteiger partial charge on any atom is -0.492 e. The van der Waals surface area contributed by atoms with E-state index in [1.165, 1.54) is 0 Å². The van der Waals surface area contributed by atoms with E-state index < -0.39 is 5.60 Å². The van der Waals surface area contributed by atoms with Crippen LogP contribution in [-0.2, 0) is 22.5 Å². The van der Waals surface area contributed by atoms with Crippen molar-refractivity contribution < 1.29 is 28.6 Å². The van der Waals surface area contributed by atoms with Crippen molar-refractivity contribution in [3.63, 3.8) is 0 Å². The fraction of sp³-hybridized carbons (Fsp3) is 0.692. The number of aliphatic hydroxyl groups excluding tert-OH is 1. The first-order valence-corrected chi connectivity index (χ1v) is 12.3. The number of amides is 1. The Morgan fingerprint density at radius 3 is 2.59 bits per heavy atom. The number of fused-ring (bicyclic) bond motifs is 1. The second-order valence-corrected chi connectivity index (χ2v) is 10.9. The van der Waals surface area contributed by atoms with E-state index in [0.717, 1.165) is 62.7 Å². The number of ether oxygens (including phenoxy) is 3. The van der Waals surface area contributed by atoms with Gasteiger partial charge in [-0.25, -0.2) is 4.79 Å². The summed E-state index contributed by atoms with van der Waals surface area (Å²) in [4.78, 5) is 14.1. The predicted octanol–water partition coefficient (Wildman–Crippen LogP) is 4.71. The average molecular weight is 475 g/mol. The number of rotatable bonds is 9. The van der Waals surface area contributed by atoms with E-state index >= 15 is 0 Å². The minimum absolute atomic E-state index is 0.0993. The summed E-state index contributed by atoms with van der Waals surface area (Å²) in [5.74, 6) is 1.18. The first-order chi connectivity index (χ1) is 16.2. The van der Waals surface area contributed by atoms with Gasteiger partial charge in [-0.1, -0.05) is 5.16 Å². The van der Waals surface area contributed by atoms with Crippen molar-refractivity contribution in [1.82, 2.24) is 10.1 Å². The third-order valence-corrected chi connectivity index (χ3v) is 6.93. The van der Waals surface area contributed by atoms with Crippen LogP contribution in [0.2, 0.25) is 0 Å². The molecule has 2 fully saturated rings. The van der Waals surface area contributed by atoms with Gasteiger partial charge < -0.3 is 28.7 Å². The van der Waals surface area contributed by atoms with Crippen LogP contribution < -0.4 is 4.74 Å². The quantitative estimate of drug-likeness (QED) is 0.563. The first kappa shape index (κ1) is 24.8. The van der Waals surface area contributed by atoms with Gasteiger partial charge in [-0.15, -0.1) is 0 Å². The molecule has 0 radical (unpaired) electrons. The average Bonchev–Trinajstić information content (AvgIpc) is 3.44. The van der Waals surface area contributed by atoms with Crippen molar-refractivity contribution in [3.05, 3.63) is 23.4 Å². The molecule has 1 aliphatic heterocycles. The lowest BCUT2D eigenvalue weighted by molar-refractivity contribution is 0.0181. The lowest BCUT2D eigenvalue weighted by Gasteiger charge is -2.33. The van der Waals surface area contributed by atoms with E-state index in [9.17, 15) is 9.90 Å². The number of piperidine rings is 1. The van der Waals surface area contributed by atoms with Gasteiger partial charge in [0.05, 0.1) is 31.1 Å². The molecule has 8 nitrogen and oxygen atoms in total. The van der Waals surface area contributed by atoms with Crippen LogP contribution in [0.4, 0.5) is 4.79 Å². The number of nitrogens with zero attached hydrogens (tertiary/aromatic N) is 2. The lowest BCUT2D eigenvalue weighted by Crippen LogP contribution is -2.41. The Morgan fingerprint density at radius 2 is 1.97 bits per heavy atom. The number of carbonyl (C=O) groups excluding carboxylic acids is 1. The highest BCUT2D eigenvalue weighted by Gasteiger charge is 2.43. The van der Waals surface area contributed by atoms with E-state index in [2.05, 4.69) is 5.16 Å². The van der Waals surface area contributed by atoms with Crippen LogP contribution in [-0.4, -0.2) is 60.3 Å². The van der Waals surface area contributed by atoms with Gasteiger partial charge in [-0.05, 0) is 77.3 Å². The molecule has 2 aromatic rings. The number of aryl methyl sites for hydroxylation is 1. The highest BCUT2D eigenvalue weighted by Crippen LogP contribution is 2.46. The molecule has 0 bridgehead atoms. The lowest BCUT2D eigenvalue weighted by atomic mass is 9.91. The Labute approximate surface area is 201 Å². The Morgan fingerprint density at radius 1 is 1.24 bits per heavy atom. The van der Waals surface area contributed by atoms with Crippen molar-refractivity contribution in [1.29, 1.82) is 0 Å². The van der Waals surface area contributed by atoms with Gasteiger partial charge in [0.1, 0.15) is 11.4 Å². The predicted molar refractivity (Wildman–Crippen MR) is 128 cm³/mol. The summed E-state index contributed by atoms with van der Waals surface area (Å²) in [5, 5.41) is 15.3. The van der Waals surface area contributed by atoms with Crippen LogP contribution in [0.5, 0.6) is 5.75 Å². The summed E-state index contributed by atoms with van der Waals surface area (Å²) in [7, 11) is 1.71. The zero-order valence-corrected chi connectivity index (χ0v) is 20.9. The van der Waals surface area contributed by atoms with Crippen molar-refractivity contribution in [2.45, 2.75) is 71.5 Å². The van der Waals surface area contributed by atoms with E-state index in [0.29, 0.717) is 36.0 Å². The molecule has 1 aliphatic carbocycles. The highest BCUT2D eigenvalue weighted by atomic mass is 16.6. The molecule has 1 aromatic carbocycles. The number of carbonyl (C=O) groups is 1. The van der Waals surface area contributed by atoms with Crippen molar-refractivity contribution >= 4 is 17.1 Å². The largest absolute Gasteiger partial charge is 0.492 e. The molecule has 1 saturated heterocycles. The fourth-order valence-electron chi connectivity index (χ4n) is 4.67. The Hall–Kier alpha value is -2.32. The van der Waals surface area contributed by atoms with Gasteiger partial charge in [0.15, 0.2) is 5.58 Å². The summed E-state index contributed by atoms with van der Waals surface area (Å²) in [6, 6.07) is 3.90. The van der Waals surface area contributed by atoms with Crippen LogP contribution in [0.15, 0.2) is 16.7 Å². The van der Waals surface area contributed by atoms with Crippen LogP contribution in [0.3, 0.4) is 0 Å². The smallest absolute Gasteiger partial charge is 0.410 e. The molecule has 188 valence electrons. The molecule has 0 spiro atoms. The van der Waals surface area contributed by atoms with Gasteiger partial charge in [-0.3, -0.25) is 0 Å². The maximum absolute atomic E-state index is 12.3. The molecular weight excluding hydrogens is 436 g/mol. The standard InChI is InChI=1S/C26H38N2O6/c1-25(2,3)33-24(30)28-13-9-18(10-14-28)5-7-21-19-6-8-22(20(15-29)23(19)34-27-21)32-17-26(11-12-26)16-31-4/h6,8,18,29H,5,7,9-17H2,1-4H3. The summed E-state index contributed by atoms with van der Waals surface area (Å²) < 4.78 is 22.5. The van der Waals surface area contributed by atoms with Crippen molar-refractivity contribution in [2.24, 2.45) is 11.3 Å². The molecule has 1 aromatic heterocycles. The summed E-state index contributed by atoms with van der Waals surface area (Å²) >= 11 is 0. The highest BCUT2D eigenvalue weighted by molar-refractivity contribution is 5.84. The third kappa shape index (κ3) is 5.84. The topological polar surface area (TPSA) is 94.3 Å². The molecule has 2 aliphatic rings. The van der Waals surface area contributed by atoms with Crippen LogP contribution in [0.1, 0.15) is 64.1 Å². The number of methoxy groups -OCH3 is 1. The van der Waals surface area contributed by atoms with E-state index in [1.54, 1.807) is 12.0 Å². The van der Waals surface area contributed by atoms with Gasteiger partial charge in [0.2, 0.25) is 0 Å². The summed E-state index contributed by atoms with van der Waals surface area (Å²) in [5.41, 5.74) is 1.79. The molecule has 0 atom stereocenters. The molecule has 34 heavy (non-hydrogen) atoms. The number of likely N-dealkylation sites (tertiary alicyclic amines) is 1. The maximum Gasteiger partial charge on any atom is 0.410 e. The van der Waals surface area contributed by atoms with E-state index in [1.807, 2.05) is 32.9 Å². The van der Waals surface area contributed by atoms with Crippen molar-refractivity contribution in [2.75, 3.05) is 33.4 Å². The fourth-order valence-corrected chi connectivity index (χ4v) is 4.67. The number of hydrogen-bond donors (Lipinski definition) is 1. The van der Waals surface area contributed by atoms with Gasteiger partial charge in [-0.2, -0.15) is 0 Å². The zero-order valence-electron chi connectivity index (χ0n) is 20.9. The minimum atomic E-state index is -0.469. The summed E-state index contributed by atoms with van der Waals surface area (Å²) in [6.07, 6.45) is 5.66. The monoisotopic (exact) mass is 474 g/mol. The van der Waals surface area contributed by atoms with Crippen LogP contribution in [0, 0.1) is 11.3 Å². The molecule has 4 rings (SSSR count). The Balaban J connectivity index is 1.33. The van der Waals surface area contributed by atoms with Crippen molar-refractivity contribution in [3.8, 4) is 5.75 Å². The molecule has 8 heteroatoms. The normalized spacial score (nSPS) is 18.3. The molecule has 1 N–H and O–H groups in total. The number of benzene rings is 1. The molecule has 1 amide bonds. The maximum atomic E-state index is 12.3. The second kappa shape index (κ2) is 10.1. The number of aliphatic hydroxyl groups is 1. The molecule has 2 heterocycles. The van der Waals surface area contributed by atoms with E-state index in [-0.39, 0.29) is 18.1 Å². The SMILES string of the molecule is COCC1(COc2ccc3c(CCC4CCN(C(=O)OC(C)(C)C)CC4)noc3c2CO)CC1. The van der Waals surface area contributed by atoms with Crippen LogP contribution in [0.25, 0.3) is 11.0 Å². The zero-order chi connectivity index (χ0) is 24.3. The first-order valence-electron chi connectivity index (χ1n) is 12.3. The molecule has 0 unspecified atom stereocenters. The van der Waals surface area contributed by atoms with Crippen LogP contribution >= 0.6 is 0 Å². The number of hydrogen-bond acceptors (Lipinski definition) is 7. The molecule has 1 saturated carbocycles. The second-order valence-electron chi connectivity index (χ2n) is 10.9. The molecular formula is C26H38N2O6. The number of aromatic nitrogens is 1. The van der Waals surface area contributed by atoms with Gasteiger partial charge in [0.25, 0.3) is 0 Å².